The van der Waals surface area contributed by atoms with Crippen LogP contribution in [0.25, 0.3) is 11.1 Å². The van der Waals surface area contributed by atoms with Gasteiger partial charge in [-0.15, -0.1) is 0 Å². The highest BCUT2D eigenvalue weighted by Gasteiger charge is 2.24. The van der Waals surface area contributed by atoms with Crippen LogP contribution in [0.1, 0.15) is 46.9 Å². The Morgan fingerprint density at radius 2 is 1.81 bits per heavy atom. The van der Waals surface area contributed by atoms with Crippen molar-refractivity contribution in [3.63, 3.8) is 0 Å². The van der Waals surface area contributed by atoms with Crippen molar-refractivity contribution >= 4 is 17.6 Å². The second-order valence-electron chi connectivity index (χ2n) is 6.92. The van der Waals surface area contributed by atoms with Crippen molar-refractivity contribution in [2.24, 2.45) is 0 Å². The van der Waals surface area contributed by atoms with Crippen molar-refractivity contribution < 1.29 is 14.4 Å². The average molecular weight is 364 g/mol. The van der Waals surface area contributed by atoms with E-state index in [4.69, 9.17) is 0 Å². The number of nitrogens with one attached hydrogen (secondary N) is 1. The molecule has 140 valence electrons. The lowest BCUT2D eigenvalue weighted by Gasteiger charge is -2.30. The van der Waals surface area contributed by atoms with Crippen molar-refractivity contribution in [2.75, 3.05) is 13.6 Å². The van der Waals surface area contributed by atoms with Crippen LogP contribution in [-0.2, 0) is 4.79 Å². The number of ketones is 1. The van der Waals surface area contributed by atoms with Crippen molar-refractivity contribution in [1.82, 2.24) is 10.2 Å². The first kappa shape index (κ1) is 18.8. The molecule has 5 nitrogen and oxygen atoms in total. The Kier molecular flexibility index (Phi) is 5.69. The van der Waals surface area contributed by atoms with E-state index >= 15 is 0 Å². The molecule has 1 aliphatic rings. The third kappa shape index (κ3) is 4.42. The molecule has 3 rings (SSSR count). The Labute approximate surface area is 159 Å². The molecule has 2 aromatic rings. The number of amides is 2. The van der Waals surface area contributed by atoms with E-state index in [9.17, 15) is 14.4 Å². The van der Waals surface area contributed by atoms with Gasteiger partial charge in [0.1, 0.15) is 0 Å². The van der Waals surface area contributed by atoms with Gasteiger partial charge in [-0.25, -0.2) is 0 Å². The summed E-state index contributed by atoms with van der Waals surface area (Å²) in [4.78, 5) is 37.6. The first-order chi connectivity index (χ1) is 13.0. The molecule has 0 spiro atoms. The van der Waals surface area contributed by atoms with Crippen LogP contribution in [0.2, 0.25) is 0 Å². The van der Waals surface area contributed by atoms with Gasteiger partial charge in [-0.05, 0) is 35.7 Å². The maximum atomic E-state index is 12.5. The number of hydrogen-bond acceptors (Lipinski definition) is 3. The number of carbonyl (C=O) groups excluding carboxylic acids is 3. The summed E-state index contributed by atoms with van der Waals surface area (Å²) in [7, 11) is 1.76. The Morgan fingerprint density at radius 1 is 1.07 bits per heavy atom. The number of piperidine rings is 1. The van der Waals surface area contributed by atoms with E-state index in [1.54, 1.807) is 24.1 Å². The zero-order valence-electron chi connectivity index (χ0n) is 15.7. The third-order valence-electron chi connectivity index (χ3n) is 4.95. The van der Waals surface area contributed by atoms with Crippen molar-refractivity contribution in [3.05, 3.63) is 59.7 Å². The molecule has 1 atom stereocenters. The first-order valence-corrected chi connectivity index (χ1v) is 9.26. The molecule has 1 heterocycles. The standard InChI is InChI=1S/C22H24N2O3/c1-3-20(25)18-6-4-5-17(13-18)15-7-9-16(10-8-15)22(27)23-19-11-12-21(26)24(2)14-19/h4-10,13,19H,3,11-12,14H2,1-2H3,(H,23,27)/t19-/m1/s1. The summed E-state index contributed by atoms with van der Waals surface area (Å²) >= 11 is 0. The van der Waals surface area contributed by atoms with E-state index in [1.165, 1.54) is 0 Å². The Hall–Kier alpha value is -2.95. The predicted octanol–water partition coefficient (Wildman–Crippen LogP) is 3.30. The fraction of sp³-hybridized carbons (Fsp3) is 0.318. The fourth-order valence-corrected chi connectivity index (χ4v) is 3.29. The van der Waals surface area contributed by atoms with Gasteiger partial charge < -0.3 is 10.2 Å². The van der Waals surface area contributed by atoms with Crippen molar-refractivity contribution in [1.29, 1.82) is 0 Å². The number of hydrogen-bond donors (Lipinski definition) is 1. The van der Waals surface area contributed by atoms with Gasteiger partial charge in [0.25, 0.3) is 5.91 Å². The Balaban J connectivity index is 1.69. The number of benzene rings is 2. The normalized spacial score (nSPS) is 16.9. The van der Waals surface area contributed by atoms with E-state index in [0.29, 0.717) is 36.9 Å². The highest BCUT2D eigenvalue weighted by atomic mass is 16.2. The summed E-state index contributed by atoms with van der Waals surface area (Å²) in [5.41, 5.74) is 3.20. The van der Waals surface area contributed by atoms with Crippen molar-refractivity contribution in [2.45, 2.75) is 32.2 Å². The van der Waals surface area contributed by atoms with E-state index in [-0.39, 0.29) is 23.6 Å². The van der Waals surface area contributed by atoms with Crippen LogP contribution in [0.4, 0.5) is 0 Å². The van der Waals surface area contributed by atoms with Crippen LogP contribution in [-0.4, -0.2) is 42.1 Å². The molecule has 2 amide bonds. The zero-order chi connectivity index (χ0) is 19.4. The van der Waals surface area contributed by atoms with Crippen LogP contribution < -0.4 is 5.32 Å². The van der Waals surface area contributed by atoms with Crippen LogP contribution in [0.5, 0.6) is 0 Å². The van der Waals surface area contributed by atoms with Gasteiger partial charge in [-0.3, -0.25) is 14.4 Å². The molecule has 0 bridgehead atoms. The minimum atomic E-state index is -0.135. The molecule has 0 aromatic heterocycles. The van der Waals surface area contributed by atoms with Gasteiger partial charge >= 0.3 is 0 Å². The van der Waals surface area contributed by atoms with Gasteiger partial charge in [-0.2, -0.15) is 0 Å². The van der Waals surface area contributed by atoms with Gasteiger partial charge in [0, 0.05) is 43.6 Å². The van der Waals surface area contributed by atoms with Crippen LogP contribution in [0, 0.1) is 0 Å². The highest BCUT2D eigenvalue weighted by molar-refractivity contribution is 5.97. The number of nitrogens with zero attached hydrogens (tertiary/aromatic N) is 1. The second-order valence-corrected chi connectivity index (χ2v) is 6.92. The van der Waals surface area contributed by atoms with Gasteiger partial charge in [0.05, 0.1) is 0 Å². The second kappa shape index (κ2) is 8.16. The fourth-order valence-electron chi connectivity index (χ4n) is 3.29. The minimum Gasteiger partial charge on any atom is -0.348 e. The first-order valence-electron chi connectivity index (χ1n) is 9.26. The minimum absolute atomic E-state index is 0.0170. The maximum Gasteiger partial charge on any atom is 0.251 e. The maximum absolute atomic E-state index is 12.5. The topological polar surface area (TPSA) is 66.5 Å². The molecule has 1 fully saturated rings. The molecule has 0 unspecified atom stereocenters. The molecular weight excluding hydrogens is 340 g/mol. The molecule has 2 aromatic carbocycles. The summed E-state index contributed by atoms with van der Waals surface area (Å²) < 4.78 is 0. The lowest BCUT2D eigenvalue weighted by molar-refractivity contribution is -0.132. The zero-order valence-corrected chi connectivity index (χ0v) is 15.7. The summed E-state index contributed by atoms with van der Waals surface area (Å²) in [6.07, 6.45) is 1.61. The number of Topliss-reactive ketones (excluding diaryl/α,β-unsaturated/α-hetero) is 1. The highest BCUT2D eigenvalue weighted by Crippen LogP contribution is 2.22. The smallest absolute Gasteiger partial charge is 0.251 e. The monoisotopic (exact) mass is 364 g/mol. The van der Waals surface area contributed by atoms with Crippen LogP contribution in [0.15, 0.2) is 48.5 Å². The molecule has 1 saturated heterocycles. The van der Waals surface area contributed by atoms with Gasteiger partial charge in [0.2, 0.25) is 5.91 Å². The Bertz CT molecular complexity index is 858. The molecular formula is C22H24N2O3. The lowest BCUT2D eigenvalue weighted by Crippen LogP contribution is -2.48. The number of carbonyl (C=O) groups is 3. The van der Waals surface area contributed by atoms with Crippen LogP contribution in [0.3, 0.4) is 0 Å². The summed E-state index contributed by atoms with van der Waals surface area (Å²) in [5, 5.41) is 3.00. The van der Waals surface area contributed by atoms with Crippen molar-refractivity contribution in [3.8, 4) is 11.1 Å². The van der Waals surface area contributed by atoms with Gasteiger partial charge in [0.15, 0.2) is 5.78 Å². The van der Waals surface area contributed by atoms with E-state index in [1.807, 2.05) is 43.3 Å². The number of likely N-dealkylation sites (tertiary alicyclic amines) is 1. The largest absolute Gasteiger partial charge is 0.348 e. The molecule has 0 radical (unpaired) electrons. The number of likely N-dealkylation sites (N-methyl/N-ethyl adjacent to an activating group) is 1. The lowest BCUT2D eigenvalue weighted by atomic mass is 9.99. The molecule has 0 saturated carbocycles. The number of rotatable bonds is 5. The van der Waals surface area contributed by atoms with E-state index in [0.717, 1.165) is 11.1 Å². The summed E-state index contributed by atoms with van der Waals surface area (Å²) in [6.45, 7) is 2.39. The third-order valence-corrected chi connectivity index (χ3v) is 4.95. The van der Waals surface area contributed by atoms with E-state index < -0.39 is 0 Å². The van der Waals surface area contributed by atoms with Gasteiger partial charge in [-0.1, -0.05) is 37.3 Å². The molecule has 1 N–H and O–H groups in total. The molecule has 1 aliphatic heterocycles. The van der Waals surface area contributed by atoms with E-state index in [2.05, 4.69) is 5.32 Å². The van der Waals surface area contributed by atoms with Crippen LogP contribution >= 0.6 is 0 Å². The Morgan fingerprint density at radius 3 is 2.48 bits per heavy atom. The SMILES string of the molecule is CCC(=O)c1cccc(-c2ccc(C(=O)N[C@@H]3CCC(=O)N(C)C3)cc2)c1. The summed E-state index contributed by atoms with van der Waals surface area (Å²) in [5.74, 6) is 0.0987. The quantitative estimate of drug-likeness (QED) is 0.828. The summed E-state index contributed by atoms with van der Waals surface area (Å²) in [6, 6.07) is 14.9. The predicted molar refractivity (Wildman–Crippen MR) is 105 cm³/mol. The molecule has 0 aliphatic carbocycles. The average Bonchev–Trinajstić information content (AvgIpc) is 2.70. The molecule has 5 heteroatoms. The molecule has 27 heavy (non-hydrogen) atoms.